The van der Waals surface area contributed by atoms with Crippen molar-refractivity contribution < 1.29 is 0 Å². The Morgan fingerprint density at radius 2 is 2.35 bits per heavy atom. The minimum atomic E-state index is 0.442. The van der Waals surface area contributed by atoms with Crippen LogP contribution >= 0.6 is 0 Å². The molecule has 0 bridgehead atoms. The number of anilines is 1. The fraction of sp³-hybridized carbons (Fsp3) is 0.385. The van der Waals surface area contributed by atoms with Crippen molar-refractivity contribution in [3.63, 3.8) is 0 Å². The van der Waals surface area contributed by atoms with E-state index in [0.29, 0.717) is 6.04 Å². The van der Waals surface area contributed by atoms with E-state index in [0.717, 1.165) is 29.9 Å². The Hall–Kier alpha value is -2.44. The summed E-state index contributed by atoms with van der Waals surface area (Å²) >= 11 is 0. The monoisotopic (exact) mass is 269 g/mol. The van der Waals surface area contributed by atoms with Crippen LogP contribution in [0.4, 0.5) is 5.82 Å². The Bertz CT molecular complexity index is 702. The van der Waals surface area contributed by atoms with Gasteiger partial charge in [0.25, 0.3) is 0 Å². The molecule has 0 spiro atoms. The highest BCUT2D eigenvalue weighted by atomic mass is 15.3. The van der Waals surface area contributed by atoms with E-state index in [9.17, 15) is 0 Å². The number of aromatic amines is 1. The van der Waals surface area contributed by atoms with Crippen LogP contribution in [0.25, 0.3) is 11.0 Å². The van der Waals surface area contributed by atoms with Gasteiger partial charge in [-0.3, -0.25) is 5.10 Å². The highest BCUT2D eigenvalue weighted by Crippen LogP contribution is 2.29. The third-order valence-electron chi connectivity index (χ3n) is 3.86. The molecular weight excluding hydrogens is 254 g/mol. The lowest BCUT2D eigenvalue weighted by Gasteiger charge is -2.26. The summed E-state index contributed by atoms with van der Waals surface area (Å²) in [5.74, 6) is 0.978. The van der Waals surface area contributed by atoms with E-state index in [-0.39, 0.29) is 0 Å². The summed E-state index contributed by atoms with van der Waals surface area (Å²) in [6, 6.07) is 0.442. The first-order chi connectivity index (χ1) is 9.92. The Kier molecular flexibility index (Phi) is 2.61. The Morgan fingerprint density at radius 1 is 1.35 bits per heavy atom. The molecule has 7 nitrogen and oxygen atoms in total. The van der Waals surface area contributed by atoms with Crippen LogP contribution in [0.3, 0.4) is 0 Å². The molecule has 1 aliphatic heterocycles. The summed E-state index contributed by atoms with van der Waals surface area (Å²) in [6.07, 6.45) is 11.4. The van der Waals surface area contributed by atoms with Crippen molar-refractivity contribution in [2.75, 3.05) is 11.4 Å². The molecular formula is C13H15N7. The fourth-order valence-electron chi connectivity index (χ4n) is 2.92. The molecule has 3 aromatic rings. The molecule has 0 saturated carbocycles. The standard InChI is InChI=1S/C13H15N7/c1-2-10(7-19-5-3-14-9-19)20(4-1)13-11-6-17-18-12(11)15-8-16-13/h3,5-6,8-10H,1-2,4,7H2,(H,15,16,17,18). The van der Waals surface area contributed by atoms with Crippen LogP contribution in [0.15, 0.2) is 31.2 Å². The smallest absolute Gasteiger partial charge is 0.160 e. The second kappa shape index (κ2) is 4.59. The number of rotatable bonds is 3. The van der Waals surface area contributed by atoms with Gasteiger partial charge in [0.2, 0.25) is 0 Å². The Balaban J connectivity index is 1.68. The van der Waals surface area contributed by atoms with Gasteiger partial charge in [-0.05, 0) is 12.8 Å². The van der Waals surface area contributed by atoms with E-state index in [1.807, 2.05) is 18.7 Å². The van der Waals surface area contributed by atoms with Gasteiger partial charge in [0.05, 0.1) is 17.9 Å². The maximum atomic E-state index is 4.47. The van der Waals surface area contributed by atoms with E-state index in [1.54, 1.807) is 12.5 Å². The second-order valence-corrected chi connectivity index (χ2v) is 5.08. The molecule has 102 valence electrons. The molecule has 4 heterocycles. The maximum absolute atomic E-state index is 4.47. The summed E-state index contributed by atoms with van der Waals surface area (Å²) in [5.41, 5.74) is 0.795. The van der Waals surface area contributed by atoms with Gasteiger partial charge in [0.15, 0.2) is 5.65 Å². The second-order valence-electron chi connectivity index (χ2n) is 5.08. The van der Waals surface area contributed by atoms with Crippen molar-refractivity contribution in [2.24, 2.45) is 0 Å². The van der Waals surface area contributed by atoms with Gasteiger partial charge in [-0.1, -0.05) is 0 Å². The number of nitrogens with one attached hydrogen (secondary N) is 1. The first-order valence-electron chi connectivity index (χ1n) is 6.78. The molecule has 0 aromatic carbocycles. The van der Waals surface area contributed by atoms with Crippen LogP contribution in [-0.2, 0) is 6.54 Å². The summed E-state index contributed by atoms with van der Waals surface area (Å²) in [4.78, 5) is 15.1. The molecule has 1 unspecified atom stereocenters. The lowest BCUT2D eigenvalue weighted by Crippen LogP contribution is -2.33. The molecule has 0 amide bonds. The summed E-state index contributed by atoms with van der Waals surface area (Å²) in [6.45, 7) is 1.96. The first kappa shape index (κ1) is 11.4. The van der Waals surface area contributed by atoms with Crippen molar-refractivity contribution in [3.8, 4) is 0 Å². The topological polar surface area (TPSA) is 75.5 Å². The summed E-state index contributed by atoms with van der Waals surface area (Å²) in [7, 11) is 0. The molecule has 1 atom stereocenters. The third-order valence-corrected chi connectivity index (χ3v) is 3.86. The summed E-state index contributed by atoms with van der Waals surface area (Å²) < 4.78 is 2.12. The fourth-order valence-corrected chi connectivity index (χ4v) is 2.92. The minimum Gasteiger partial charge on any atom is -0.351 e. The highest BCUT2D eigenvalue weighted by Gasteiger charge is 2.27. The van der Waals surface area contributed by atoms with Crippen LogP contribution in [0, 0.1) is 0 Å². The van der Waals surface area contributed by atoms with E-state index in [4.69, 9.17) is 0 Å². The minimum absolute atomic E-state index is 0.442. The maximum Gasteiger partial charge on any atom is 0.160 e. The van der Waals surface area contributed by atoms with Crippen LogP contribution in [-0.4, -0.2) is 42.3 Å². The van der Waals surface area contributed by atoms with Crippen LogP contribution < -0.4 is 4.90 Å². The number of hydrogen-bond acceptors (Lipinski definition) is 5. The van der Waals surface area contributed by atoms with Gasteiger partial charge in [-0.25, -0.2) is 15.0 Å². The van der Waals surface area contributed by atoms with Gasteiger partial charge in [-0.15, -0.1) is 0 Å². The quantitative estimate of drug-likeness (QED) is 0.773. The molecule has 7 heteroatoms. The van der Waals surface area contributed by atoms with Crippen LogP contribution in [0.1, 0.15) is 12.8 Å². The summed E-state index contributed by atoms with van der Waals surface area (Å²) in [5, 5.41) is 7.96. The van der Waals surface area contributed by atoms with Gasteiger partial charge < -0.3 is 9.47 Å². The number of aromatic nitrogens is 6. The zero-order valence-electron chi connectivity index (χ0n) is 11.0. The van der Waals surface area contributed by atoms with E-state index in [1.165, 1.54) is 12.8 Å². The Labute approximate surface area is 115 Å². The van der Waals surface area contributed by atoms with Crippen molar-refractivity contribution >= 4 is 16.9 Å². The average Bonchev–Trinajstić information content (AvgIpc) is 3.19. The SMILES string of the molecule is c1cn(CC2CCCN2c2ncnc3[nH]ncc23)cn1. The lowest BCUT2D eigenvalue weighted by molar-refractivity contribution is 0.548. The third kappa shape index (κ3) is 1.82. The number of fused-ring (bicyclic) bond motifs is 1. The molecule has 3 aromatic heterocycles. The largest absolute Gasteiger partial charge is 0.351 e. The predicted octanol–water partition coefficient (Wildman–Crippen LogP) is 1.22. The number of hydrogen-bond donors (Lipinski definition) is 1. The molecule has 0 radical (unpaired) electrons. The van der Waals surface area contributed by atoms with Gasteiger partial charge in [0, 0.05) is 31.5 Å². The van der Waals surface area contributed by atoms with Gasteiger partial charge in [0.1, 0.15) is 12.1 Å². The van der Waals surface area contributed by atoms with Gasteiger partial charge in [-0.2, -0.15) is 5.10 Å². The molecule has 1 N–H and O–H groups in total. The first-order valence-corrected chi connectivity index (χ1v) is 6.78. The van der Waals surface area contributed by atoms with Crippen molar-refractivity contribution in [1.82, 2.24) is 29.7 Å². The Morgan fingerprint density at radius 3 is 3.25 bits per heavy atom. The zero-order valence-corrected chi connectivity index (χ0v) is 11.0. The number of imidazole rings is 1. The molecule has 20 heavy (non-hydrogen) atoms. The molecule has 0 aliphatic carbocycles. The van der Waals surface area contributed by atoms with Crippen LogP contribution in [0.2, 0.25) is 0 Å². The number of H-pyrrole nitrogens is 1. The lowest BCUT2D eigenvalue weighted by atomic mass is 10.2. The average molecular weight is 269 g/mol. The van der Waals surface area contributed by atoms with Crippen molar-refractivity contribution in [1.29, 1.82) is 0 Å². The number of nitrogens with zero attached hydrogens (tertiary/aromatic N) is 6. The molecule has 1 saturated heterocycles. The zero-order chi connectivity index (χ0) is 13.4. The molecule has 1 aliphatic rings. The molecule has 4 rings (SSSR count). The highest BCUT2D eigenvalue weighted by molar-refractivity contribution is 5.86. The van der Waals surface area contributed by atoms with Crippen molar-refractivity contribution in [3.05, 3.63) is 31.2 Å². The van der Waals surface area contributed by atoms with Crippen LogP contribution in [0.5, 0.6) is 0 Å². The molecule has 1 fully saturated rings. The van der Waals surface area contributed by atoms with E-state index >= 15 is 0 Å². The van der Waals surface area contributed by atoms with Gasteiger partial charge >= 0.3 is 0 Å². The van der Waals surface area contributed by atoms with Crippen molar-refractivity contribution in [2.45, 2.75) is 25.4 Å². The predicted molar refractivity (Wildman–Crippen MR) is 74.3 cm³/mol. The van der Waals surface area contributed by atoms with E-state index in [2.05, 4.69) is 34.6 Å². The normalized spacial score (nSPS) is 19.0. The van der Waals surface area contributed by atoms with E-state index < -0.39 is 0 Å².